The zero-order valence-electron chi connectivity index (χ0n) is 24.8. The van der Waals surface area contributed by atoms with Gasteiger partial charge in [-0.25, -0.2) is 0 Å². The van der Waals surface area contributed by atoms with E-state index in [1.807, 2.05) is 0 Å². The van der Waals surface area contributed by atoms with E-state index in [0.717, 1.165) is 50.8 Å². The molecule has 3 saturated carbocycles. The Hall–Kier alpha value is -2.09. The fraction of sp³-hybridized carbons (Fsp3) is 0.788. The van der Waals surface area contributed by atoms with Crippen LogP contribution in [0.1, 0.15) is 118 Å². The molecule has 0 spiro atoms. The number of H-pyrrole nitrogens is 1. The van der Waals surface area contributed by atoms with Crippen molar-refractivity contribution < 1.29 is 4.79 Å². The van der Waals surface area contributed by atoms with Crippen LogP contribution in [0.4, 0.5) is 5.82 Å². The smallest absolute Gasteiger partial charge is 0.153 e. The van der Waals surface area contributed by atoms with E-state index in [0.29, 0.717) is 11.8 Å². The van der Waals surface area contributed by atoms with Gasteiger partial charge < -0.3 is 5.73 Å². The first-order valence-corrected chi connectivity index (χ1v) is 15.1. The molecule has 38 heavy (non-hydrogen) atoms. The van der Waals surface area contributed by atoms with E-state index in [1.165, 1.54) is 24.1 Å². The lowest BCUT2D eigenvalue weighted by Gasteiger charge is -2.70. The minimum absolute atomic E-state index is 0.0124. The van der Waals surface area contributed by atoms with Gasteiger partial charge in [-0.1, -0.05) is 60.1 Å². The maximum Gasteiger partial charge on any atom is 0.153 e. The van der Waals surface area contributed by atoms with Crippen molar-refractivity contribution >= 4 is 11.6 Å². The van der Waals surface area contributed by atoms with E-state index >= 15 is 0 Å². The van der Waals surface area contributed by atoms with Crippen LogP contribution >= 0.6 is 0 Å². The highest BCUT2D eigenvalue weighted by Gasteiger charge is 2.69. The Labute approximate surface area is 229 Å². The molecule has 0 aromatic carbocycles. The van der Waals surface area contributed by atoms with E-state index in [1.54, 1.807) is 5.57 Å². The molecule has 5 nitrogen and oxygen atoms in total. The number of nitriles is 1. The van der Waals surface area contributed by atoms with Crippen molar-refractivity contribution in [1.29, 1.82) is 5.26 Å². The van der Waals surface area contributed by atoms with Gasteiger partial charge >= 0.3 is 0 Å². The number of fused-ring (bicyclic) bond motifs is 8. The number of allylic oxidation sites excluding steroid dienone is 2. The van der Waals surface area contributed by atoms with Gasteiger partial charge in [-0.05, 0) is 97.2 Å². The molecule has 6 rings (SSSR count). The Bertz CT molecular complexity index is 1260. The molecule has 0 radical (unpaired) electrons. The van der Waals surface area contributed by atoms with Crippen molar-refractivity contribution in [1.82, 2.24) is 10.2 Å². The second kappa shape index (κ2) is 7.76. The first kappa shape index (κ1) is 26.1. The molecule has 3 unspecified atom stereocenters. The maximum absolute atomic E-state index is 13.7. The van der Waals surface area contributed by atoms with E-state index in [4.69, 9.17) is 10.8 Å². The number of carbonyl (C=O) groups is 1. The fourth-order valence-corrected chi connectivity index (χ4v) is 11.4. The Morgan fingerprint density at radius 1 is 1.08 bits per heavy atom. The first-order chi connectivity index (χ1) is 17.7. The molecule has 206 valence electrons. The Morgan fingerprint density at radius 3 is 2.50 bits per heavy atom. The van der Waals surface area contributed by atoms with Gasteiger partial charge in [-0.3, -0.25) is 9.89 Å². The van der Waals surface area contributed by atoms with Crippen LogP contribution in [0.5, 0.6) is 0 Å². The number of nitrogens with zero attached hydrogens (tertiary/aromatic N) is 2. The van der Waals surface area contributed by atoms with Crippen LogP contribution in [-0.2, 0) is 16.6 Å². The second-order valence-corrected chi connectivity index (χ2v) is 16.0. The van der Waals surface area contributed by atoms with E-state index in [2.05, 4.69) is 65.7 Å². The zero-order valence-corrected chi connectivity index (χ0v) is 24.8. The van der Waals surface area contributed by atoms with Gasteiger partial charge in [0, 0.05) is 16.4 Å². The quantitative estimate of drug-likeness (QED) is 0.403. The third kappa shape index (κ3) is 3.04. The van der Waals surface area contributed by atoms with E-state index in [9.17, 15) is 10.1 Å². The van der Waals surface area contributed by atoms with Crippen LogP contribution in [0.15, 0.2) is 11.6 Å². The van der Waals surface area contributed by atoms with Crippen molar-refractivity contribution in [3.8, 4) is 6.07 Å². The first-order valence-electron chi connectivity index (χ1n) is 15.1. The number of aromatic nitrogens is 2. The van der Waals surface area contributed by atoms with Gasteiger partial charge in [-0.15, -0.1) is 0 Å². The largest absolute Gasteiger partial charge is 0.384 e. The van der Waals surface area contributed by atoms with Gasteiger partial charge in [0.15, 0.2) is 5.78 Å². The summed E-state index contributed by atoms with van der Waals surface area (Å²) in [4.78, 5) is 13.7. The number of rotatable bonds is 2. The summed E-state index contributed by atoms with van der Waals surface area (Å²) >= 11 is 0. The van der Waals surface area contributed by atoms with Crippen LogP contribution in [0.25, 0.3) is 0 Å². The summed E-state index contributed by atoms with van der Waals surface area (Å²) in [6.07, 6.45) is 12.3. The number of ketones is 1. The summed E-state index contributed by atoms with van der Waals surface area (Å²) in [7, 11) is 0. The number of nitrogen functional groups attached to an aromatic ring is 1. The van der Waals surface area contributed by atoms with E-state index < -0.39 is 0 Å². The lowest BCUT2D eigenvalue weighted by molar-refractivity contribution is -0.166. The summed E-state index contributed by atoms with van der Waals surface area (Å²) in [5, 5.41) is 17.3. The number of hydrogen-bond donors (Lipinski definition) is 2. The number of Topliss-reactive ketones (excluding diaryl/α,β-unsaturated/α-hetero) is 1. The number of carbonyl (C=O) groups excluding carboxylic acids is 1. The Balaban J connectivity index is 1.46. The monoisotopic (exact) mass is 516 g/mol. The molecule has 3 N–H and O–H groups in total. The average molecular weight is 517 g/mol. The molecule has 0 amide bonds. The summed E-state index contributed by atoms with van der Waals surface area (Å²) in [5.74, 6) is 2.36. The molecule has 0 aliphatic heterocycles. The van der Waals surface area contributed by atoms with Gasteiger partial charge in [0.05, 0.1) is 18.2 Å². The van der Waals surface area contributed by atoms with Gasteiger partial charge in [0.25, 0.3) is 0 Å². The van der Waals surface area contributed by atoms with Gasteiger partial charge in [0.1, 0.15) is 5.82 Å². The molecule has 1 heterocycles. The summed E-state index contributed by atoms with van der Waals surface area (Å²) in [5.41, 5.74) is 10.7. The molecule has 5 aliphatic carbocycles. The molecule has 1 aromatic rings. The molecule has 0 saturated heterocycles. The van der Waals surface area contributed by atoms with Crippen molar-refractivity contribution in [3.63, 3.8) is 0 Å². The summed E-state index contributed by atoms with van der Waals surface area (Å²) < 4.78 is 0. The topological polar surface area (TPSA) is 95.6 Å². The summed E-state index contributed by atoms with van der Waals surface area (Å²) in [6, 6.07) is 2.21. The normalized spacial score (nSPS) is 44.3. The minimum Gasteiger partial charge on any atom is -0.384 e. The van der Waals surface area contributed by atoms with Crippen LogP contribution in [0.2, 0.25) is 0 Å². The summed E-state index contributed by atoms with van der Waals surface area (Å²) in [6.45, 7) is 17.3. The highest BCUT2D eigenvalue weighted by molar-refractivity contribution is 5.87. The minimum atomic E-state index is -0.339. The molecule has 5 heteroatoms. The fourth-order valence-electron chi connectivity index (χ4n) is 11.4. The molecule has 3 fully saturated rings. The zero-order chi connectivity index (χ0) is 27.5. The third-order valence-corrected chi connectivity index (χ3v) is 13.6. The number of nitrogens with one attached hydrogen (secondary N) is 1. The third-order valence-electron chi connectivity index (χ3n) is 13.6. The predicted molar refractivity (Wildman–Crippen MR) is 151 cm³/mol. The van der Waals surface area contributed by atoms with Crippen LogP contribution in [0.3, 0.4) is 0 Å². The molecule has 7 atom stereocenters. The average Bonchev–Trinajstić information content (AvgIpc) is 3.20. The molecular formula is C33H48N4O. The lowest BCUT2D eigenvalue weighted by Crippen LogP contribution is -2.64. The molecule has 5 aliphatic rings. The lowest BCUT2D eigenvalue weighted by atomic mass is 9.33. The maximum atomic E-state index is 13.7. The Kier molecular flexibility index (Phi) is 5.34. The number of hydrogen-bond acceptors (Lipinski definition) is 4. The van der Waals surface area contributed by atoms with Crippen LogP contribution < -0.4 is 5.73 Å². The van der Waals surface area contributed by atoms with E-state index in [-0.39, 0.29) is 50.6 Å². The molecule has 1 aromatic heterocycles. The van der Waals surface area contributed by atoms with Crippen LogP contribution in [0, 0.1) is 56.2 Å². The van der Waals surface area contributed by atoms with Crippen molar-refractivity contribution in [3.05, 3.63) is 22.9 Å². The number of nitrogens with two attached hydrogens (primary N) is 1. The van der Waals surface area contributed by atoms with Crippen molar-refractivity contribution in [2.24, 2.45) is 44.8 Å². The second-order valence-electron chi connectivity index (χ2n) is 16.0. The Morgan fingerprint density at radius 2 is 1.79 bits per heavy atom. The highest BCUT2D eigenvalue weighted by atomic mass is 16.1. The number of anilines is 1. The molecular weight excluding hydrogens is 468 g/mol. The van der Waals surface area contributed by atoms with Crippen molar-refractivity contribution in [2.45, 2.75) is 118 Å². The standard InChI is InChI=1S/C33H48N4O/c1-28(2)13-15-33(25(38)11-17-34)16-14-31(6)21(22(33)19-28)8-9-24-30(5)18-20-26(36-37-27(20)35)29(3,4)23(30)10-12-32(24,31)7/h8,22-24H,9-16,18-19H2,1-7H3,(H3,35,36,37)/t22?,23?,24?,30-,31+,32+,33-/m0/s1. The SMILES string of the molecule is CC1(C)CC[C@]2(C(=O)CC#N)CC[C@]3(C)C(=CCC4[C@@]5(C)Cc6c(n[nH]c6N)C(C)(C)C5CC[C@]43C)C2C1. The van der Waals surface area contributed by atoms with Crippen LogP contribution in [-0.4, -0.2) is 16.0 Å². The molecule has 0 bridgehead atoms. The van der Waals surface area contributed by atoms with Gasteiger partial charge in [0.2, 0.25) is 0 Å². The highest BCUT2D eigenvalue weighted by Crippen LogP contribution is 2.75. The predicted octanol–water partition coefficient (Wildman–Crippen LogP) is 7.29. The van der Waals surface area contributed by atoms with Crippen molar-refractivity contribution in [2.75, 3.05) is 5.73 Å². The van der Waals surface area contributed by atoms with Gasteiger partial charge in [-0.2, -0.15) is 10.4 Å². The number of aromatic amines is 1.